The van der Waals surface area contributed by atoms with Crippen molar-refractivity contribution >= 4 is 11.8 Å². The van der Waals surface area contributed by atoms with E-state index < -0.39 is 5.97 Å². The first-order valence-electron chi connectivity index (χ1n) is 6.23. The van der Waals surface area contributed by atoms with Crippen molar-refractivity contribution in [2.75, 3.05) is 51.3 Å². The third kappa shape index (κ3) is 3.39. The average molecular weight is 266 g/mol. The summed E-state index contributed by atoms with van der Waals surface area (Å²) < 4.78 is 4.58. The molecule has 1 fully saturated rings. The van der Waals surface area contributed by atoms with Crippen LogP contribution in [0.25, 0.3) is 0 Å². The van der Waals surface area contributed by atoms with Gasteiger partial charge >= 0.3 is 5.97 Å². The molecule has 104 valence electrons. The lowest BCUT2D eigenvalue weighted by molar-refractivity contribution is 0.0593. The number of ether oxygens (including phenoxy) is 1. The Hall–Kier alpha value is -1.73. The maximum atomic E-state index is 11.2. The number of esters is 1. The van der Waals surface area contributed by atoms with Gasteiger partial charge in [0.05, 0.1) is 26.1 Å². The molecule has 2 heterocycles. The molecule has 0 radical (unpaired) electrons. The number of carbonyl (C=O) groups excluding carboxylic acids is 1. The molecule has 1 N–H and O–H groups in total. The second-order valence-electron chi connectivity index (χ2n) is 4.30. The highest BCUT2D eigenvalue weighted by Gasteiger charge is 2.18. The fourth-order valence-electron chi connectivity index (χ4n) is 2.04. The predicted octanol–water partition coefficient (Wildman–Crippen LogP) is -0.622. The summed E-state index contributed by atoms with van der Waals surface area (Å²) in [5.74, 6) is 0.281. The minimum Gasteiger partial charge on any atom is -0.464 e. The fourth-order valence-corrected chi connectivity index (χ4v) is 2.04. The van der Waals surface area contributed by atoms with Gasteiger partial charge in [-0.05, 0) is 0 Å². The summed E-state index contributed by atoms with van der Waals surface area (Å²) in [6, 6.07) is 0. The monoisotopic (exact) mass is 266 g/mol. The SMILES string of the molecule is COC(=O)c1cnc(N2CCN(CCO)CC2)cn1. The van der Waals surface area contributed by atoms with Crippen molar-refractivity contribution in [1.82, 2.24) is 14.9 Å². The van der Waals surface area contributed by atoms with Crippen molar-refractivity contribution in [2.24, 2.45) is 0 Å². The fraction of sp³-hybridized carbons (Fsp3) is 0.583. The van der Waals surface area contributed by atoms with E-state index in [0.29, 0.717) is 6.54 Å². The van der Waals surface area contributed by atoms with E-state index in [0.717, 1.165) is 32.0 Å². The van der Waals surface area contributed by atoms with Crippen LogP contribution in [0.1, 0.15) is 10.5 Å². The summed E-state index contributed by atoms with van der Waals surface area (Å²) in [7, 11) is 1.32. The number of piperazine rings is 1. The first-order valence-corrected chi connectivity index (χ1v) is 6.23. The van der Waals surface area contributed by atoms with Crippen molar-refractivity contribution < 1.29 is 14.6 Å². The van der Waals surface area contributed by atoms with Gasteiger partial charge in [0.1, 0.15) is 5.82 Å². The van der Waals surface area contributed by atoms with Crippen molar-refractivity contribution in [3.05, 3.63) is 18.1 Å². The summed E-state index contributed by atoms with van der Waals surface area (Å²) in [5, 5.41) is 8.89. The number of β-amino-alcohol motifs (C(OH)–C–C–N with tert-alkyl or cyclic N) is 1. The number of hydrogen-bond donors (Lipinski definition) is 1. The average Bonchev–Trinajstić information content (AvgIpc) is 2.48. The normalized spacial score (nSPS) is 16.4. The molecule has 1 saturated heterocycles. The molecule has 19 heavy (non-hydrogen) atoms. The van der Waals surface area contributed by atoms with Crippen LogP contribution in [0.2, 0.25) is 0 Å². The molecule has 0 atom stereocenters. The lowest BCUT2D eigenvalue weighted by Crippen LogP contribution is -2.47. The molecule has 0 spiro atoms. The van der Waals surface area contributed by atoms with Crippen LogP contribution in [0.5, 0.6) is 0 Å². The number of anilines is 1. The molecule has 0 amide bonds. The lowest BCUT2D eigenvalue weighted by Gasteiger charge is -2.34. The molecule has 2 rings (SSSR count). The molecule has 1 aromatic heterocycles. The van der Waals surface area contributed by atoms with Crippen LogP contribution >= 0.6 is 0 Å². The smallest absolute Gasteiger partial charge is 0.358 e. The Morgan fingerprint density at radius 2 is 2.05 bits per heavy atom. The van der Waals surface area contributed by atoms with Gasteiger partial charge in [0.25, 0.3) is 0 Å². The molecule has 1 aliphatic heterocycles. The van der Waals surface area contributed by atoms with E-state index in [-0.39, 0.29) is 12.3 Å². The molecule has 0 bridgehead atoms. The second kappa shape index (κ2) is 6.44. The molecular formula is C12H18N4O3. The number of aromatic nitrogens is 2. The van der Waals surface area contributed by atoms with Crippen molar-refractivity contribution in [3.63, 3.8) is 0 Å². The highest BCUT2D eigenvalue weighted by atomic mass is 16.5. The van der Waals surface area contributed by atoms with Crippen molar-refractivity contribution in [2.45, 2.75) is 0 Å². The molecule has 7 heteroatoms. The van der Waals surface area contributed by atoms with Crippen molar-refractivity contribution in [3.8, 4) is 0 Å². The van der Waals surface area contributed by atoms with Gasteiger partial charge in [-0.2, -0.15) is 0 Å². The molecule has 0 aliphatic carbocycles. The Balaban J connectivity index is 1.94. The van der Waals surface area contributed by atoms with Gasteiger partial charge in [0.2, 0.25) is 0 Å². The minimum atomic E-state index is -0.480. The predicted molar refractivity (Wildman–Crippen MR) is 69.1 cm³/mol. The van der Waals surface area contributed by atoms with Crippen molar-refractivity contribution in [1.29, 1.82) is 0 Å². The zero-order chi connectivity index (χ0) is 13.7. The topological polar surface area (TPSA) is 78.8 Å². The molecule has 1 aromatic rings. The minimum absolute atomic E-state index is 0.188. The Kier molecular flexibility index (Phi) is 4.64. The summed E-state index contributed by atoms with van der Waals surface area (Å²) in [4.78, 5) is 23.8. The first kappa shape index (κ1) is 13.7. The van der Waals surface area contributed by atoms with Crippen LogP contribution in [0.4, 0.5) is 5.82 Å². The number of aliphatic hydroxyl groups is 1. The Morgan fingerprint density at radius 1 is 1.32 bits per heavy atom. The van der Waals surface area contributed by atoms with Crippen LogP contribution in [-0.2, 0) is 4.74 Å². The van der Waals surface area contributed by atoms with Crippen LogP contribution in [0.3, 0.4) is 0 Å². The summed E-state index contributed by atoms with van der Waals surface area (Å²) in [6.07, 6.45) is 3.02. The number of hydrogen-bond acceptors (Lipinski definition) is 7. The second-order valence-corrected chi connectivity index (χ2v) is 4.30. The molecule has 1 aliphatic rings. The van der Waals surface area contributed by atoms with Gasteiger partial charge in [0.15, 0.2) is 5.69 Å². The molecule has 0 aromatic carbocycles. The van der Waals surface area contributed by atoms with E-state index in [4.69, 9.17) is 5.11 Å². The maximum Gasteiger partial charge on any atom is 0.358 e. The van der Waals surface area contributed by atoms with E-state index in [1.54, 1.807) is 6.20 Å². The van der Waals surface area contributed by atoms with Gasteiger partial charge in [-0.1, -0.05) is 0 Å². The van der Waals surface area contributed by atoms with E-state index in [9.17, 15) is 4.79 Å². The van der Waals surface area contributed by atoms with Crippen LogP contribution < -0.4 is 4.90 Å². The van der Waals surface area contributed by atoms with E-state index in [1.165, 1.54) is 13.3 Å². The van der Waals surface area contributed by atoms with Gasteiger partial charge < -0.3 is 14.7 Å². The zero-order valence-corrected chi connectivity index (χ0v) is 10.9. The Morgan fingerprint density at radius 3 is 2.58 bits per heavy atom. The van der Waals surface area contributed by atoms with Gasteiger partial charge in [-0.25, -0.2) is 14.8 Å². The third-order valence-corrected chi connectivity index (χ3v) is 3.15. The molecule has 7 nitrogen and oxygen atoms in total. The Bertz CT molecular complexity index is 415. The number of nitrogens with zero attached hydrogens (tertiary/aromatic N) is 4. The number of aliphatic hydroxyl groups excluding tert-OH is 1. The highest BCUT2D eigenvalue weighted by molar-refractivity contribution is 5.86. The third-order valence-electron chi connectivity index (χ3n) is 3.15. The Labute approximate surface area is 111 Å². The quantitative estimate of drug-likeness (QED) is 0.727. The van der Waals surface area contributed by atoms with Crippen LogP contribution in [0.15, 0.2) is 12.4 Å². The van der Waals surface area contributed by atoms with Crippen LogP contribution in [-0.4, -0.2) is 72.4 Å². The van der Waals surface area contributed by atoms with Gasteiger partial charge in [-0.3, -0.25) is 4.90 Å². The van der Waals surface area contributed by atoms with E-state index >= 15 is 0 Å². The van der Waals surface area contributed by atoms with Crippen LogP contribution in [0, 0.1) is 0 Å². The number of carbonyl (C=O) groups is 1. The lowest BCUT2D eigenvalue weighted by atomic mass is 10.3. The highest BCUT2D eigenvalue weighted by Crippen LogP contribution is 2.12. The number of rotatable bonds is 4. The van der Waals surface area contributed by atoms with Gasteiger partial charge in [-0.15, -0.1) is 0 Å². The largest absolute Gasteiger partial charge is 0.464 e. The number of methoxy groups -OCH3 is 1. The summed E-state index contributed by atoms with van der Waals surface area (Å²) in [6.45, 7) is 4.36. The standard InChI is InChI=1S/C12H18N4O3/c1-19-12(18)10-8-14-11(9-13-10)16-4-2-15(3-5-16)6-7-17/h8-9,17H,2-7H2,1H3. The summed E-state index contributed by atoms with van der Waals surface area (Å²) >= 11 is 0. The molecule has 0 unspecified atom stereocenters. The maximum absolute atomic E-state index is 11.2. The van der Waals surface area contributed by atoms with Gasteiger partial charge in [0, 0.05) is 32.7 Å². The first-order chi connectivity index (χ1) is 9.24. The van der Waals surface area contributed by atoms with E-state index in [2.05, 4.69) is 24.5 Å². The molecule has 0 saturated carbocycles. The zero-order valence-electron chi connectivity index (χ0n) is 10.9. The summed E-state index contributed by atoms with van der Waals surface area (Å²) in [5.41, 5.74) is 0.213. The van der Waals surface area contributed by atoms with E-state index in [1.807, 2.05) is 0 Å². The molecular weight excluding hydrogens is 248 g/mol.